The lowest BCUT2D eigenvalue weighted by molar-refractivity contribution is -0.138. The summed E-state index contributed by atoms with van der Waals surface area (Å²) in [5.74, 6) is 1.11. The Kier molecular flexibility index (Phi) is 5.77. The molecule has 1 aliphatic heterocycles. The molecule has 0 radical (unpaired) electrons. The zero-order chi connectivity index (χ0) is 19.2. The maximum atomic E-state index is 12.0. The summed E-state index contributed by atoms with van der Waals surface area (Å²) in [5, 5.41) is 8.79. The molecule has 2 aromatic carbocycles. The standard InChI is InChI=1S/C22H21NO4/c1-3-25-20-12-19-10-15(2)27-21(19)11-18(20)8-9-22(24)26-14-17-6-4-16(13-23)5-7-17/h4-9,11-12,15H,3,10,14H2,1-2H3/b9-8+/t15-/m1/s1. The average molecular weight is 363 g/mol. The van der Waals surface area contributed by atoms with Crippen molar-refractivity contribution in [2.45, 2.75) is 33.0 Å². The molecular formula is C22H21NO4. The molecule has 5 nitrogen and oxygen atoms in total. The lowest BCUT2D eigenvalue weighted by Gasteiger charge is -2.10. The summed E-state index contributed by atoms with van der Waals surface area (Å²) in [6.07, 6.45) is 4.06. The second-order valence-electron chi connectivity index (χ2n) is 6.31. The number of esters is 1. The molecule has 0 bridgehead atoms. The van der Waals surface area contributed by atoms with E-state index in [9.17, 15) is 4.79 Å². The van der Waals surface area contributed by atoms with Crippen molar-refractivity contribution in [2.24, 2.45) is 0 Å². The molecule has 0 N–H and O–H groups in total. The van der Waals surface area contributed by atoms with Crippen molar-refractivity contribution in [3.05, 3.63) is 64.7 Å². The van der Waals surface area contributed by atoms with Crippen LogP contribution in [0.15, 0.2) is 42.5 Å². The Morgan fingerprint density at radius 2 is 2.11 bits per heavy atom. The average Bonchev–Trinajstić information content (AvgIpc) is 3.04. The van der Waals surface area contributed by atoms with E-state index in [-0.39, 0.29) is 12.7 Å². The highest BCUT2D eigenvalue weighted by Gasteiger charge is 2.21. The Bertz CT molecular complexity index is 894. The Morgan fingerprint density at radius 1 is 1.33 bits per heavy atom. The van der Waals surface area contributed by atoms with Gasteiger partial charge in [-0.2, -0.15) is 5.26 Å². The Hall–Kier alpha value is -3.26. The molecule has 0 amide bonds. The van der Waals surface area contributed by atoms with E-state index in [2.05, 4.69) is 6.07 Å². The maximum absolute atomic E-state index is 12.0. The highest BCUT2D eigenvalue weighted by molar-refractivity contribution is 5.87. The van der Waals surface area contributed by atoms with Crippen LogP contribution in [0, 0.1) is 11.3 Å². The van der Waals surface area contributed by atoms with Crippen molar-refractivity contribution in [3.8, 4) is 17.6 Å². The number of ether oxygens (including phenoxy) is 3. The molecule has 138 valence electrons. The van der Waals surface area contributed by atoms with E-state index in [0.717, 1.165) is 34.6 Å². The Morgan fingerprint density at radius 3 is 2.81 bits per heavy atom. The smallest absolute Gasteiger partial charge is 0.331 e. The van der Waals surface area contributed by atoms with E-state index in [1.54, 1.807) is 30.3 Å². The van der Waals surface area contributed by atoms with E-state index in [4.69, 9.17) is 19.5 Å². The molecule has 0 unspecified atom stereocenters. The van der Waals surface area contributed by atoms with Gasteiger partial charge >= 0.3 is 5.97 Å². The van der Waals surface area contributed by atoms with Gasteiger partial charge in [0.1, 0.15) is 24.2 Å². The molecule has 0 aromatic heterocycles. The summed E-state index contributed by atoms with van der Waals surface area (Å²) in [4.78, 5) is 12.0. The van der Waals surface area contributed by atoms with E-state index >= 15 is 0 Å². The number of hydrogen-bond donors (Lipinski definition) is 0. The Labute approximate surface area is 158 Å². The SMILES string of the molecule is CCOc1cc2c(cc1/C=C/C(=O)OCc1ccc(C#N)cc1)O[C@H](C)C2. The minimum Gasteiger partial charge on any atom is -0.493 e. The fraction of sp³-hybridized carbons (Fsp3) is 0.273. The quantitative estimate of drug-likeness (QED) is 0.572. The van der Waals surface area contributed by atoms with Crippen molar-refractivity contribution < 1.29 is 19.0 Å². The molecule has 5 heteroatoms. The van der Waals surface area contributed by atoms with Crippen LogP contribution in [0.4, 0.5) is 0 Å². The Balaban J connectivity index is 1.66. The van der Waals surface area contributed by atoms with Gasteiger partial charge in [-0.15, -0.1) is 0 Å². The number of nitriles is 1. The normalized spacial score (nSPS) is 15.1. The third-order valence-electron chi connectivity index (χ3n) is 4.19. The summed E-state index contributed by atoms with van der Waals surface area (Å²) >= 11 is 0. The number of rotatable bonds is 6. The van der Waals surface area contributed by atoms with Crippen LogP contribution in [-0.4, -0.2) is 18.7 Å². The first-order chi connectivity index (χ1) is 13.1. The number of carbonyl (C=O) groups is 1. The number of nitrogens with zero attached hydrogens (tertiary/aromatic N) is 1. The van der Waals surface area contributed by atoms with Crippen LogP contribution in [0.3, 0.4) is 0 Å². The summed E-state index contributed by atoms with van der Waals surface area (Å²) in [6.45, 7) is 4.64. The predicted molar refractivity (Wildman–Crippen MR) is 101 cm³/mol. The van der Waals surface area contributed by atoms with E-state index in [1.165, 1.54) is 6.08 Å². The van der Waals surface area contributed by atoms with Gasteiger partial charge in [0.2, 0.25) is 0 Å². The maximum Gasteiger partial charge on any atom is 0.331 e. The zero-order valence-corrected chi connectivity index (χ0v) is 15.4. The first-order valence-corrected chi connectivity index (χ1v) is 8.89. The number of carbonyl (C=O) groups excluding carboxylic acids is 1. The monoisotopic (exact) mass is 363 g/mol. The van der Waals surface area contributed by atoms with Gasteiger partial charge in [-0.25, -0.2) is 4.79 Å². The van der Waals surface area contributed by atoms with Gasteiger partial charge in [-0.3, -0.25) is 0 Å². The molecule has 27 heavy (non-hydrogen) atoms. The third-order valence-corrected chi connectivity index (χ3v) is 4.19. The summed E-state index contributed by atoms with van der Waals surface area (Å²) in [6, 6.07) is 12.8. The molecule has 0 spiro atoms. The predicted octanol–water partition coefficient (Wildman–Crippen LogP) is 4.04. The zero-order valence-electron chi connectivity index (χ0n) is 15.4. The van der Waals surface area contributed by atoms with Crippen molar-refractivity contribution >= 4 is 12.0 Å². The van der Waals surface area contributed by atoms with Gasteiger partial charge in [0.25, 0.3) is 0 Å². The summed E-state index contributed by atoms with van der Waals surface area (Å²) in [7, 11) is 0. The second-order valence-corrected chi connectivity index (χ2v) is 6.31. The van der Waals surface area contributed by atoms with Crippen molar-refractivity contribution in [2.75, 3.05) is 6.61 Å². The van der Waals surface area contributed by atoms with Crippen LogP contribution in [0.1, 0.15) is 36.1 Å². The van der Waals surface area contributed by atoms with Gasteiger partial charge in [0.15, 0.2) is 0 Å². The van der Waals surface area contributed by atoms with Gasteiger partial charge in [-0.05, 0) is 49.8 Å². The van der Waals surface area contributed by atoms with Crippen LogP contribution in [0.25, 0.3) is 6.08 Å². The topological polar surface area (TPSA) is 68.5 Å². The van der Waals surface area contributed by atoms with E-state index < -0.39 is 5.97 Å². The molecule has 1 aliphatic rings. The molecular weight excluding hydrogens is 342 g/mol. The first kappa shape index (κ1) is 18.5. The van der Waals surface area contributed by atoms with Crippen LogP contribution >= 0.6 is 0 Å². The number of hydrogen-bond acceptors (Lipinski definition) is 5. The molecule has 1 atom stereocenters. The first-order valence-electron chi connectivity index (χ1n) is 8.89. The minimum atomic E-state index is -0.448. The summed E-state index contributed by atoms with van der Waals surface area (Å²) in [5.41, 5.74) is 3.29. The van der Waals surface area contributed by atoms with Gasteiger partial charge in [0, 0.05) is 23.6 Å². The molecule has 0 aliphatic carbocycles. The minimum absolute atomic E-state index is 0.145. The largest absolute Gasteiger partial charge is 0.493 e. The van der Waals surface area contributed by atoms with Gasteiger partial charge in [-0.1, -0.05) is 12.1 Å². The fourth-order valence-corrected chi connectivity index (χ4v) is 2.90. The van der Waals surface area contributed by atoms with Crippen molar-refractivity contribution in [1.29, 1.82) is 5.26 Å². The van der Waals surface area contributed by atoms with Crippen LogP contribution < -0.4 is 9.47 Å². The van der Waals surface area contributed by atoms with E-state index in [0.29, 0.717) is 12.2 Å². The highest BCUT2D eigenvalue weighted by atomic mass is 16.5. The molecule has 0 saturated heterocycles. The van der Waals surface area contributed by atoms with Crippen LogP contribution in [0.5, 0.6) is 11.5 Å². The molecule has 1 heterocycles. The van der Waals surface area contributed by atoms with Crippen molar-refractivity contribution in [1.82, 2.24) is 0 Å². The lowest BCUT2D eigenvalue weighted by atomic mass is 10.1. The molecule has 2 aromatic rings. The molecule has 0 fully saturated rings. The van der Waals surface area contributed by atoms with Gasteiger partial charge < -0.3 is 14.2 Å². The van der Waals surface area contributed by atoms with Crippen molar-refractivity contribution in [3.63, 3.8) is 0 Å². The highest BCUT2D eigenvalue weighted by Crippen LogP contribution is 2.35. The number of benzene rings is 2. The molecule has 0 saturated carbocycles. The van der Waals surface area contributed by atoms with Crippen LogP contribution in [-0.2, 0) is 22.6 Å². The van der Waals surface area contributed by atoms with E-state index in [1.807, 2.05) is 26.0 Å². The third kappa shape index (κ3) is 4.68. The summed E-state index contributed by atoms with van der Waals surface area (Å²) < 4.78 is 16.7. The van der Waals surface area contributed by atoms with Crippen LogP contribution in [0.2, 0.25) is 0 Å². The molecule has 3 rings (SSSR count). The van der Waals surface area contributed by atoms with Gasteiger partial charge in [0.05, 0.1) is 18.2 Å². The number of fused-ring (bicyclic) bond motifs is 1. The fourth-order valence-electron chi connectivity index (χ4n) is 2.90. The lowest BCUT2D eigenvalue weighted by Crippen LogP contribution is -2.05. The second kappa shape index (κ2) is 8.41.